The minimum Gasteiger partial charge on any atom is -0.353 e. The van der Waals surface area contributed by atoms with E-state index in [1.807, 2.05) is 6.07 Å². The fourth-order valence-electron chi connectivity index (χ4n) is 3.23. The molecule has 1 aromatic carbocycles. The zero-order valence-corrected chi connectivity index (χ0v) is 15.0. The smallest absolute Gasteiger partial charge is 0.243 e. The Morgan fingerprint density at radius 2 is 2.04 bits per heavy atom. The van der Waals surface area contributed by atoms with Gasteiger partial charge in [-0.3, -0.25) is 4.79 Å². The van der Waals surface area contributed by atoms with Gasteiger partial charge in [0, 0.05) is 26.1 Å². The second kappa shape index (κ2) is 8.44. The van der Waals surface area contributed by atoms with Gasteiger partial charge in [0.25, 0.3) is 0 Å². The molecule has 0 spiro atoms. The van der Waals surface area contributed by atoms with E-state index in [0.717, 1.165) is 6.42 Å². The standard InChI is InChI=1S/C18H26N2O3S/c1-3-11-19-18(21)13-16-10-12-20(14-15(16)4-2)24(22,23)17-8-6-5-7-9-17/h3,5-9,15-16H,1,4,10-14H2,2H3,(H,19,21)/t15-,16-/m0/s1. The van der Waals surface area contributed by atoms with Gasteiger partial charge in [0.1, 0.15) is 0 Å². The van der Waals surface area contributed by atoms with Gasteiger partial charge in [-0.05, 0) is 30.4 Å². The molecule has 0 unspecified atom stereocenters. The molecule has 1 fully saturated rings. The first-order chi connectivity index (χ1) is 11.5. The van der Waals surface area contributed by atoms with Crippen LogP contribution in [-0.2, 0) is 14.8 Å². The van der Waals surface area contributed by atoms with Crippen LogP contribution in [0.15, 0.2) is 47.9 Å². The molecule has 0 radical (unpaired) electrons. The van der Waals surface area contributed by atoms with Gasteiger partial charge in [-0.15, -0.1) is 6.58 Å². The van der Waals surface area contributed by atoms with Crippen LogP contribution < -0.4 is 5.32 Å². The maximum Gasteiger partial charge on any atom is 0.243 e. The van der Waals surface area contributed by atoms with Crippen LogP contribution in [0, 0.1) is 11.8 Å². The van der Waals surface area contributed by atoms with E-state index in [-0.39, 0.29) is 17.7 Å². The summed E-state index contributed by atoms with van der Waals surface area (Å²) in [6.45, 7) is 7.06. The molecule has 1 N–H and O–H groups in total. The van der Waals surface area contributed by atoms with E-state index in [2.05, 4.69) is 18.8 Å². The fraction of sp³-hybridized carbons (Fsp3) is 0.500. The highest BCUT2D eigenvalue weighted by atomic mass is 32.2. The van der Waals surface area contributed by atoms with Crippen LogP contribution in [0.5, 0.6) is 0 Å². The summed E-state index contributed by atoms with van der Waals surface area (Å²) in [6, 6.07) is 8.54. The van der Waals surface area contributed by atoms with Crippen LogP contribution in [0.4, 0.5) is 0 Å². The summed E-state index contributed by atoms with van der Waals surface area (Å²) in [5.74, 6) is 0.437. The van der Waals surface area contributed by atoms with Crippen LogP contribution in [0.25, 0.3) is 0 Å². The number of benzene rings is 1. The van der Waals surface area contributed by atoms with Gasteiger partial charge in [-0.1, -0.05) is 37.6 Å². The highest BCUT2D eigenvalue weighted by molar-refractivity contribution is 7.89. The first-order valence-corrected chi connectivity index (χ1v) is 9.85. The number of nitrogens with one attached hydrogen (secondary N) is 1. The van der Waals surface area contributed by atoms with Gasteiger partial charge in [0.2, 0.25) is 15.9 Å². The molecule has 0 aromatic heterocycles. The van der Waals surface area contributed by atoms with Crippen molar-refractivity contribution in [3.63, 3.8) is 0 Å². The molecule has 2 rings (SSSR count). The van der Waals surface area contributed by atoms with Gasteiger partial charge in [0.05, 0.1) is 4.90 Å². The minimum absolute atomic E-state index is 0.0118. The van der Waals surface area contributed by atoms with Crippen molar-refractivity contribution in [2.45, 2.75) is 31.1 Å². The molecule has 0 bridgehead atoms. The molecule has 0 aliphatic carbocycles. The number of sulfonamides is 1. The lowest BCUT2D eigenvalue weighted by Gasteiger charge is -2.37. The van der Waals surface area contributed by atoms with E-state index in [0.29, 0.717) is 37.4 Å². The average Bonchev–Trinajstić information content (AvgIpc) is 2.60. The molecule has 24 heavy (non-hydrogen) atoms. The molecular weight excluding hydrogens is 324 g/mol. The summed E-state index contributed by atoms with van der Waals surface area (Å²) in [5, 5.41) is 2.80. The Bertz CT molecular complexity index is 658. The minimum atomic E-state index is -3.45. The molecule has 1 aliphatic rings. The number of piperidine rings is 1. The zero-order valence-electron chi connectivity index (χ0n) is 14.1. The molecule has 2 atom stereocenters. The summed E-state index contributed by atoms with van der Waals surface area (Å²) < 4.78 is 27.1. The van der Waals surface area contributed by atoms with E-state index >= 15 is 0 Å². The number of rotatable bonds is 7. The van der Waals surface area contributed by atoms with Gasteiger partial charge in [-0.2, -0.15) is 4.31 Å². The lowest BCUT2D eigenvalue weighted by molar-refractivity contribution is -0.122. The van der Waals surface area contributed by atoms with Crippen molar-refractivity contribution >= 4 is 15.9 Å². The van der Waals surface area contributed by atoms with E-state index < -0.39 is 10.0 Å². The zero-order chi connectivity index (χ0) is 17.6. The largest absolute Gasteiger partial charge is 0.353 e. The Morgan fingerprint density at radius 3 is 2.67 bits per heavy atom. The Kier molecular flexibility index (Phi) is 6.57. The van der Waals surface area contributed by atoms with E-state index in [9.17, 15) is 13.2 Å². The molecule has 1 saturated heterocycles. The maximum atomic E-state index is 12.8. The molecule has 132 valence electrons. The maximum absolute atomic E-state index is 12.8. The van der Waals surface area contributed by atoms with Gasteiger partial charge >= 0.3 is 0 Å². The van der Waals surface area contributed by atoms with E-state index in [1.54, 1.807) is 34.6 Å². The molecule has 0 saturated carbocycles. The average molecular weight is 350 g/mol. The summed E-state index contributed by atoms with van der Waals surface area (Å²) >= 11 is 0. The topological polar surface area (TPSA) is 66.5 Å². The van der Waals surface area contributed by atoms with Crippen LogP contribution in [-0.4, -0.2) is 38.3 Å². The number of amides is 1. The quantitative estimate of drug-likeness (QED) is 0.768. The van der Waals surface area contributed by atoms with E-state index in [4.69, 9.17) is 0 Å². The predicted octanol–water partition coefficient (Wildman–Crippen LogP) is 2.42. The number of carbonyl (C=O) groups excluding carboxylic acids is 1. The Hall–Kier alpha value is -1.66. The van der Waals surface area contributed by atoms with Crippen molar-refractivity contribution in [2.75, 3.05) is 19.6 Å². The van der Waals surface area contributed by atoms with Crippen LogP contribution in [0.3, 0.4) is 0 Å². The van der Waals surface area contributed by atoms with Crippen LogP contribution in [0.1, 0.15) is 26.2 Å². The van der Waals surface area contributed by atoms with Crippen molar-refractivity contribution in [1.82, 2.24) is 9.62 Å². The molecule has 1 amide bonds. The van der Waals surface area contributed by atoms with Crippen molar-refractivity contribution in [3.8, 4) is 0 Å². The van der Waals surface area contributed by atoms with Crippen molar-refractivity contribution < 1.29 is 13.2 Å². The predicted molar refractivity (Wildman–Crippen MR) is 94.9 cm³/mol. The number of carbonyl (C=O) groups is 1. The Morgan fingerprint density at radius 1 is 1.33 bits per heavy atom. The number of nitrogens with zero attached hydrogens (tertiary/aromatic N) is 1. The SMILES string of the molecule is C=CCNC(=O)C[C@@H]1CCN(S(=O)(=O)c2ccccc2)C[C@@H]1CC. The third-order valence-electron chi connectivity index (χ3n) is 4.65. The van der Waals surface area contributed by atoms with Crippen molar-refractivity contribution in [1.29, 1.82) is 0 Å². The highest BCUT2D eigenvalue weighted by Crippen LogP contribution is 2.31. The van der Waals surface area contributed by atoms with Crippen LogP contribution in [0.2, 0.25) is 0 Å². The lowest BCUT2D eigenvalue weighted by atomic mass is 9.82. The second-order valence-electron chi connectivity index (χ2n) is 6.19. The Balaban J connectivity index is 2.04. The van der Waals surface area contributed by atoms with Crippen molar-refractivity contribution in [3.05, 3.63) is 43.0 Å². The molecule has 6 heteroatoms. The van der Waals surface area contributed by atoms with Gasteiger partial charge in [-0.25, -0.2) is 8.42 Å². The normalized spacial score (nSPS) is 22.0. The summed E-state index contributed by atoms with van der Waals surface area (Å²) in [6.07, 6.45) is 3.68. The first kappa shape index (κ1) is 18.7. The number of hydrogen-bond donors (Lipinski definition) is 1. The monoisotopic (exact) mass is 350 g/mol. The van der Waals surface area contributed by atoms with Gasteiger partial charge < -0.3 is 5.32 Å². The highest BCUT2D eigenvalue weighted by Gasteiger charge is 2.35. The molecule has 1 aromatic rings. The van der Waals surface area contributed by atoms with Gasteiger partial charge in [0.15, 0.2) is 0 Å². The molecule has 1 heterocycles. The second-order valence-corrected chi connectivity index (χ2v) is 8.13. The fourth-order valence-corrected chi connectivity index (χ4v) is 4.77. The molecule has 1 aliphatic heterocycles. The molecule has 5 nitrogen and oxygen atoms in total. The molecular formula is C18H26N2O3S. The van der Waals surface area contributed by atoms with E-state index in [1.165, 1.54) is 0 Å². The summed E-state index contributed by atoms with van der Waals surface area (Å²) in [4.78, 5) is 12.3. The number of hydrogen-bond acceptors (Lipinski definition) is 3. The summed E-state index contributed by atoms with van der Waals surface area (Å²) in [5.41, 5.74) is 0. The first-order valence-electron chi connectivity index (χ1n) is 8.41. The lowest BCUT2D eigenvalue weighted by Crippen LogP contribution is -2.44. The van der Waals surface area contributed by atoms with Crippen LogP contribution >= 0.6 is 0 Å². The Labute approximate surface area is 144 Å². The third kappa shape index (κ3) is 4.45. The summed E-state index contributed by atoms with van der Waals surface area (Å²) in [7, 11) is -3.45. The third-order valence-corrected chi connectivity index (χ3v) is 6.53. The van der Waals surface area contributed by atoms with Crippen molar-refractivity contribution in [2.24, 2.45) is 11.8 Å².